The van der Waals surface area contributed by atoms with Crippen molar-refractivity contribution in [2.45, 2.75) is 18.4 Å². The first-order valence-corrected chi connectivity index (χ1v) is 6.20. The van der Waals surface area contributed by atoms with Crippen LogP contribution < -0.4 is 5.32 Å². The molecule has 0 saturated carbocycles. The molecule has 0 aliphatic carbocycles. The van der Waals surface area contributed by atoms with Gasteiger partial charge in [0.1, 0.15) is 5.54 Å². The number of halogens is 2. The van der Waals surface area contributed by atoms with Crippen molar-refractivity contribution in [3.63, 3.8) is 0 Å². The fourth-order valence-corrected chi connectivity index (χ4v) is 2.14. The van der Waals surface area contributed by atoms with Crippen molar-refractivity contribution in [1.82, 2.24) is 15.2 Å². The van der Waals surface area contributed by atoms with E-state index in [0.29, 0.717) is 25.9 Å². The Hall–Kier alpha value is -2.07. The molecule has 20 heavy (non-hydrogen) atoms. The van der Waals surface area contributed by atoms with E-state index >= 15 is 0 Å². The number of hydrogen-bond donors (Lipinski definition) is 1. The molecule has 1 aromatic rings. The molecule has 1 aliphatic rings. The molecule has 1 aliphatic heterocycles. The maximum absolute atomic E-state index is 13.5. The number of rotatable bonds is 2. The van der Waals surface area contributed by atoms with Crippen molar-refractivity contribution in [2.75, 3.05) is 20.1 Å². The lowest BCUT2D eigenvalue weighted by molar-refractivity contribution is 0.0876. The van der Waals surface area contributed by atoms with Crippen LogP contribution in [0.4, 0.5) is 8.78 Å². The molecule has 1 amide bonds. The van der Waals surface area contributed by atoms with E-state index in [9.17, 15) is 18.8 Å². The number of likely N-dealkylation sites (tertiary alicyclic amines) is 1. The van der Waals surface area contributed by atoms with Crippen LogP contribution in [0.15, 0.2) is 12.3 Å². The Morgan fingerprint density at radius 1 is 1.50 bits per heavy atom. The smallest absolute Gasteiger partial charge is 0.255 e. The number of piperidine rings is 1. The second-order valence-electron chi connectivity index (χ2n) is 4.91. The van der Waals surface area contributed by atoms with Gasteiger partial charge >= 0.3 is 0 Å². The molecule has 2 heterocycles. The first kappa shape index (κ1) is 14.3. The van der Waals surface area contributed by atoms with Crippen LogP contribution in [0.2, 0.25) is 0 Å². The predicted octanol–water partition coefficient (Wildman–Crippen LogP) is 1.08. The summed E-state index contributed by atoms with van der Waals surface area (Å²) in [6.45, 7) is 1.31. The Labute approximate surface area is 115 Å². The topological polar surface area (TPSA) is 69.0 Å². The Morgan fingerprint density at radius 2 is 2.15 bits per heavy atom. The lowest BCUT2D eigenvalue weighted by atomic mass is 9.89. The van der Waals surface area contributed by atoms with Crippen LogP contribution in [0.5, 0.6) is 0 Å². The summed E-state index contributed by atoms with van der Waals surface area (Å²) in [7, 11) is 1.92. The van der Waals surface area contributed by atoms with Crippen molar-refractivity contribution < 1.29 is 13.6 Å². The van der Waals surface area contributed by atoms with Crippen molar-refractivity contribution in [3.8, 4) is 6.07 Å². The molecule has 1 fully saturated rings. The van der Waals surface area contributed by atoms with Gasteiger partial charge in [-0.2, -0.15) is 9.65 Å². The van der Waals surface area contributed by atoms with Gasteiger partial charge in [-0.25, -0.2) is 9.37 Å². The van der Waals surface area contributed by atoms with Crippen LogP contribution in [0.3, 0.4) is 0 Å². The Morgan fingerprint density at radius 3 is 2.75 bits per heavy atom. The summed E-state index contributed by atoms with van der Waals surface area (Å²) in [5.74, 6) is -3.42. The molecule has 1 saturated heterocycles. The zero-order valence-electron chi connectivity index (χ0n) is 11.0. The van der Waals surface area contributed by atoms with Crippen LogP contribution >= 0.6 is 0 Å². The van der Waals surface area contributed by atoms with Gasteiger partial charge in [-0.1, -0.05) is 0 Å². The highest BCUT2D eigenvalue weighted by molar-refractivity contribution is 5.95. The number of amides is 1. The number of carbonyl (C=O) groups excluding carboxylic acids is 1. The molecule has 7 heteroatoms. The lowest BCUT2D eigenvalue weighted by Gasteiger charge is -2.35. The number of pyridine rings is 1. The molecule has 0 aromatic carbocycles. The van der Waals surface area contributed by atoms with E-state index in [2.05, 4.69) is 16.4 Å². The summed E-state index contributed by atoms with van der Waals surface area (Å²) in [6, 6.07) is 3.17. The van der Waals surface area contributed by atoms with Gasteiger partial charge in [0.2, 0.25) is 5.95 Å². The first-order chi connectivity index (χ1) is 9.47. The normalized spacial score (nSPS) is 18.3. The number of aromatic nitrogens is 1. The van der Waals surface area contributed by atoms with E-state index in [4.69, 9.17) is 0 Å². The van der Waals surface area contributed by atoms with Crippen LogP contribution in [-0.4, -0.2) is 41.5 Å². The van der Waals surface area contributed by atoms with E-state index in [1.165, 1.54) is 0 Å². The van der Waals surface area contributed by atoms with Gasteiger partial charge in [-0.05, 0) is 26.0 Å². The van der Waals surface area contributed by atoms with E-state index in [1.807, 2.05) is 11.9 Å². The third kappa shape index (κ3) is 2.75. The number of hydrogen-bond acceptors (Lipinski definition) is 4. The standard InChI is InChI=1S/C13H14F2N4O/c1-19-6-3-13(8-16,4-7-19)18-12(20)9-2-5-17-11(15)10(9)14/h2,5H,3-4,6-7H2,1H3,(H,18,20). The summed E-state index contributed by atoms with van der Waals surface area (Å²) < 4.78 is 26.5. The Bertz CT molecular complexity index is 562. The van der Waals surface area contributed by atoms with Crippen molar-refractivity contribution in [1.29, 1.82) is 5.26 Å². The van der Waals surface area contributed by atoms with E-state index in [-0.39, 0.29) is 0 Å². The molecule has 1 aromatic heterocycles. The van der Waals surface area contributed by atoms with Crippen molar-refractivity contribution in [2.24, 2.45) is 0 Å². The van der Waals surface area contributed by atoms with Gasteiger partial charge < -0.3 is 10.2 Å². The zero-order valence-corrected chi connectivity index (χ0v) is 11.0. The average Bonchev–Trinajstić information content (AvgIpc) is 2.44. The van der Waals surface area contributed by atoms with Gasteiger partial charge in [0.05, 0.1) is 11.6 Å². The summed E-state index contributed by atoms with van der Waals surface area (Å²) in [6.07, 6.45) is 1.91. The third-order valence-electron chi connectivity index (χ3n) is 3.50. The molecular formula is C13H14F2N4O. The number of nitrogens with one attached hydrogen (secondary N) is 1. The number of nitrogens with zero attached hydrogens (tertiary/aromatic N) is 3. The highest BCUT2D eigenvalue weighted by Crippen LogP contribution is 2.22. The molecule has 5 nitrogen and oxygen atoms in total. The molecule has 0 spiro atoms. The van der Waals surface area contributed by atoms with E-state index < -0.39 is 28.8 Å². The quantitative estimate of drug-likeness (QED) is 0.823. The summed E-state index contributed by atoms with van der Waals surface area (Å²) >= 11 is 0. The second-order valence-corrected chi connectivity index (χ2v) is 4.91. The minimum atomic E-state index is -1.33. The lowest BCUT2D eigenvalue weighted by Crippen LogP contribution is -2.54. The molecule has 1 N–H and O–H groups in total. The summed E-state index contributed by atoms with van der Waals surface area (Å²) in [5, 5.41) is 11.8. The maximum Gasteiger partial charge on any atom is 0.255 e. The maximum atomic E-state index is 13.5. The summed E-state index contributed by atoms with van der Waals surface area (Å²) in [5.41, 5.74) is -1.47. The molecule has 0 atom stereocenters. The molecule has 0 unspecified atom stereocenters. The molecular weight excluding hydrogens is 266 g/mol. The fourth-order valence-electron chi connectivity index (χ4n) is 2.14. The van der Waals surface area contributed by atoms with Gasteiger partial charge in [-0.3, -0.25) is 4.79 Å². The minimum absolute atomic E-state index is 0.439. The highest BCUT2D eigenvalue weighted by Gasteiger charge is 2.36. The average molecular weight is 280 g/mol. The fraction of sp³-hybridized carbons (Fsp3) is 0.462. The number of carbonyl (C=O) groups is 1. The van der Waals surface area contributed by atoms with Crippen molar-refractivity contribution >= 4 is 5.91 Å². The first-order valence-electron chi connectivity index (χ1n) is 6.20. The van der Waals surface area contributed by atoms with Crippen LogP contribution in [0, 0.1) is 23.1 Å². The van der Waals surface area contributed by atoms with E-state index in [0.717, 1.165) is 12.3 Å². The Balaban J connectivity index is 2.18. The second kappa shape index (κ2) is 5.51. The van der Waals surface area contributed by atoms with E-state index in [1.54, 1.807) is 0 Å². The van der Waals surface area contributed by atoms with Crippen LogP contribution in [0.25, 0.3) is 0 Å². The van der Waals surface area contributed by atoms with Gasteiger partial charge in [0, 0.05) is 19.3 Å². The number of nitriles is 1. The molecule has 0 bridgehead atoms. The van der Waals surface area contributed by atoms with Gasteiger partial charge in [0.15, 0.2) is 5.82 Å². The summed E-state index contributed by atoms with van der Waals surface area (Å²) in [4.78, 5) is 17.2. The van der Waals surface area contributed by atoms with Crippen molar-refractivity contribution in [3.05, 3.63) is 29.6 Å². The third-order valence-corrected chi connectivity index (χ3v) is 3.50. The molecule has 2 rings (SSSR count). The largest absolute Gasteiger partial charge is 0.334 e. The van der Waals surface area contributed by atoms with Gasteiger partial charge in [-0.15, -0.1) is 0 Å². The minimum Gasteiger partial charge on any atom is -0.334 e. The molecule has 0 radical (unpaired) electrons. The predicted molar refractivity (Wildman–Crippen MR) is 66.7 cm³/mol. The zero-order chi connectivity index (χ0) is 14.8. The monoisotopic (exact) mass is 280 g/mol. The SMILES string of the molecule is CN1CCC(C#N)(NC(=O)c2ccnc(F)c2F)CC1. The van der Waals surface area contributed by atoms with Crippen LogP contribution in [0.1, 0.15) is 23.2 Å². The van der Waals surface area contributed by atoms with Crippen LogP contribution in [-0.2, 0) is 0 Å². The highest BCUT2D eigenvalue weighted by atomic mass is 19.2. The Kier molecular flexibility index (Phi) is 3.95. The molecule has 106 valence electrons. The van der Waals surface area contributed by atoms with Gasteiger partial charge in [0.25, 0.3) is 5.91 Å².